The quantitative estimate of drug-likeness (QED) is 0.140. The first kappa shape index (κ1) is 27.7. The van der Waals surface area contributed by atoms with Gasteiger partial charge in [-0.05, 0) is 54.0 Å². The normalized spacial score (nSPS) is 14.9. The van der Waals surface area contributed by atoms with Crippen molar-refractivity contribution in [2.45, 2.75) is 31.1 Å². The lowest BCUT2D eigenvalue weighted by atomic mass is 9.83. The van der Waals surface area contributed by atoms with E-state index in [0.717, 1.165) is 14.6 Å². The van der Waals surface area contributed by atoms with E-state index in [0.29, 0.717) is 16.2 Å². The molecular weight excluding hydrogens is 601 g/mol. The molecule has 3 aromatic heterocycles. The van der Waals surface area contributed by atoms with Gasteiger partial charge in [-0.3, -0.25) is 4.79 Å². The maximum atomic E-state index is 13.6. The third-order valence-electron chi connectivity index (χ3n) is 7.64. The van der Waals surface area contributed by atoms with Crippen molar-refractivity contribution in [3.63, 3.8) is 0 Å². The predicted octanol–water partition coefficient (Wildman–Crippen LogP) is 8.27. The number of hydrogen-bond acceptors (Lipinski definition) is 10. The SMILES string of the molecule is COc1cc(/C=C2\C(=O)c3cc(C#N)c(C#N)cc3C2=C(C#N)C#N)sc1-c1cc2c(s1)-c1sc(C)c(S)c1C2(C)C. The van der Waals surface area contributed by atoms with E-state index in [-0.39, 0.29) is 38.8 Å². The maximum absolute atomic E-state index is 13.6. The van der Waals surface area contributed by atoms with Crippen molar-refractivity contribution in [2.24, 2.45) is 0 Å². The minimum absolute atomic E-state index is 0.0588. The molecule has 0 amide bonds. The number of nitriles is 4. The molecule has 6 rings (SSSR count). The molecule has 0 N–H and O–H groups in total. The summed E-state index contributed by atoms with van der Waals surface area (Å²) in [4.78, 5) is 21.0. The van der Waals surface area contributed by atoms with Crippen LogP contribution in [-0.4, -0.2) is 12.9 Å². The van der Waals surface area contributed by atoms with Crippen LogP contribution in [0.4, 0.5) is 0 Å². The summed E-state index contributed by atoms with van der Waals surface area (Å²) in [5.41, 5.74) is 3.02. The second-order valence-corrected chi connectivity index (χ2v) is 14.1. The zero-order valence-corrected chi connectivity index (χ0v) is 26.0. The second kappa shape index (κ2) is 9.85. The van der Waals surface area contributed by atoms with E-state index in [9.17, 15) is 25.8 Å². The number of ketones is 1. The number of fused-ring (bicyclic) bond motifs is 4. The van der Waals surface area contributed by atoms with Gasteiger partial charge >= 0.3 is 0 Å². The number of ether oxygens (including phenoxy) is 1. The van der Waals surface area contributed by atoms with Crippen LogP contribution in [0, 0.1) is 52.2 Å². The average Bonchev–Trinajstić information content (AvgIpc) is 3.76. The molecule has 4 aromatic rings. The van der Waals surface area contributed by atoms with Gasteiger partial charge in [-0.15, -0.1) is 46.6 Å². The molecule has 0 spiro atoms. The summed E-state index contributed by atoms with van der Waals surface area (Å²) >= 11 is 9.71. The fourth-order valence-electron chi connectivity index (χ4n) is 5.60. The number of thiol groups is 1. The van der Waals surface area contributed by atoms with E-state index >= 15 is 0 Å². The Labute approximate surface area is 259 Å². The van der Waals surface area contributed by atoms with Crippen LogP contribution in [0.3, 0.4) is 0 Å². The van der Waals surface area contributed by atoms with E-state index in [1.807, 2.05) is 30.3 Å². The summed E-state index contributed by atoms with van der Waals surface area (Å²) in [5.74, 6) is 0.229. The fourth-order valence-corrected chi connectivity index (χ4v) is 10.1. The summed E-state index contributed by atoms with van der Waals surface area (Å²) in [7, 11) is 1.60. The van der Waals surface area contributed by atoms with Crippen molar-refractivity contribution in [3.8, 4) is 49.5 Å². The Balaban J connectivity index is 1.50. The van der Waals surface area contributed by atoms with Crippen LogP contribution in [-0.2, 0) is 5.41 Å². The van der Waals surface area contributed by atoms with Gasteiger partial charge in [-0.25, -0.2) is 0 Å². The van der Waals surface area contributed by atoms with E-state index in [1.165, 1.54) is 49.2 Å². The molecule has 0 radical (unpaired) electrons. The van der Waals surface area contributed by atoms with Crippen molar-refractivity contribution >= 4 is 64.1 Å². The summed E-state index contributed by atoms with van der Waals surface area (Å²) in [6, 6.07) is 14.5. The van der Waals surface area contributed by atoms with Gasteiger partial charge in [0.05, 0.1) is 28.0 Å². The van der Waals surface area contributed by atoms with Gasteiger partial charge in [0.1, 0.15) is 35.6 Å². The highest BCUT2D eigenvalue weighted by Crippen LogP contribution is 2.60. The molecule has 0 saturated carbocycles. The van der Waals surface area contributed by atoms with Crippen molar-refractivity contribution in [1.29, 1.82) is 21.0 Å². The van der Waals surface area contributed by atoms with Crippen LogP contribution in [0.15, 0.2) is 40.3 Å². The summed E-state index contributed by atoms with van der Waals surface area (Å²) in [6.07, 6.45) is 1.65. The molecule has 0 aliphatic heterocycles. The molecule has 2 aliphatic rings. The molecule has 42 heavy (non-hydrogen) atoms. The molecule has 3 heterocycles. The Hall–Kier alpha value is -4.42. The Kier molecular flexibility index (Phi) is 6.50. The average molecular weight is 619 g/mol. The van der Waals surface area contributed by atoms with Gasteiger partial charge < -0.3 is 4.74 Å². The molecule has 0 fully saturated rings. The first-order valence-corrected chi connectivity index (χ1v) is 15.4. The van der Waals surface area contributed by atoms with Crippen LogP contribution < -0.4 is 4.74 Å². The van der Waals surface area contributed by atoms with Gasteiger partial charge in [0.2, 0.25) is 0 Å². The van der Waals surface area contributed by atoms with Crippen molar-refractivity contribution in [1.82, 2.24) is 0 Å². The lowest BCUT2D eigenvalue weighted by molar-refractivity contribution is 0.104. The topological polar surface area (TPSA) is 121 Å². The van der Waals surface area contributed by atoms with Gasteiger partial charge in [0.15, 0.2) is 5.78 Å². The zero-order valence-electron chi connectivity index (χ0n) is 22.7. The van der Waals surface area contributed by atoms with Crippen LogP contribution >= 0.6 is 46.6 Å². The monoisotopic (exact) mass is 618 g/mol. The molecule has 6 nitrogen and oxygen atoms in total. The van der Waals surface area contributed by atoms with Crippen LogP contribution in [0.25, 0.3) is 31.2 Å². The van der Waals surface area contributed by atoms with E-state index < -0.39 is 5.78 Å². The number of nitrogens with zero attached hydrogens (tertiary/aromatic N) is 4. The number of thiophene rings is 3. The third-order valence-corrected chi connectivity index (χ3v) is 12.0. The molecule has 1 aromatic carbocycles. The fraction of sp³-hybridized carbons (Fsp3) is 0.156. The summed E-state index contributed by atoms with van der Waals surface area (Å²) in [5, 5.41) is 38.5. The number of Topliss-reactive ketones (excluding diaryl/α,β-unsaturated/α-hetero) is 1. The van der Waals surface area contributed by atoms with E-state index in [2.05, 4.69) is 26.8 Å². The highest BCUT2D eigenvalue weighted by atomic mass is 32.1. The number of aryl methyl sites for hydroxylation is 1. The highest BCUT2D eigenvalue weighted by Gasteiger charge is 2.41. The minimum atomic E-state index is -0.419. The lowest BCUT2D eigenvalue weighted by Crippen LogP contribution is -2.14. The number of carbonyl (C=O) groups is 1. The molecule has 0 bridgehead atoms. The molecular formula is C32H18N4O2S4. The number of hydrogen-bond donors (Lipinski definition) is 1. The standard InChI is InChI=1S/C32H18N4O2S4/c1-14-28(39)26-31(40-14)29-22(32(26,2)3)9-24(42-29)30-23(38-4)8-18(41-30)7-21-25(17(12-35)13-36)19-5-15(10-33)16(11-34)6-20(19)27(21)37/h5-9,39H,1-4H3/b21-7-. The van der Waals surface area contributed by atoms with Gasteiger partial charge in [-0.2, -0.15) is 21.0 Å². The van der Waals surface area contributed by atoms with E-state index in [4.69, 9.17) is 17.4 Å². The minimum Gasteiger partial charge on any atom is -0.495 e. The Morgan fingerprint density at radius 2 is 1.60 bits per heavy atom. The molecule has 0 atom stereocenters. The molecule has 10 heteroatoms. The highest BCUT2D eigenvalue weighted by molar-refractivity contribution is 7.80. The smallest absolute Gasteiger partial charge is 0.194 e. The second-order valence-electron chi connectivity index (χ2n) is 10.3. The maximum Gasteiger partial charge on any atom is 0.194 e. The third kappa shape index (κ3) is 3.82. The number of allylic oxidation sites excluding steroid dienone is 3. The van der Waals surface area contributed by atoms with Crippen LogP contribution in [0.2, 0.25) is 0 Å². The molecule has 202 valence electrons. The van der Waals surface area contributed by atoms with Gasteiger partial charge in [0.25, 0.3) is 0 Å². The van der Waals surface area contributed by atoms with Gasteiger partial charge in [-0.1, -0.05) is 13.8 Å². The number of carbonyl (C=O) groups excluding carboxylic acids is 1. The molecule has 0 unspecified atom stereocenters. The van der Waals surface area contributed by atoms with Crippen molar-refractivity contribution in [2.75, 3.05) is 7.11 Å². The zero-order chi connectivity index (χ0) is 30.1. The molecule has 0 saturated heterocycles. The predicted molar refractivity (Wildman–Crippen MR) is 168 cm³/mol. The number of rotatable bonds is 3. The van der Waals surface area contributed by atoms with Crippen molar-refractivity contribution in [3.05, 3.63) is 78.5 Å². The summed E-state index contributed by atoms with van der Waals surface area (Å²) in [6.45, 7) is 6.53. The Morgan fingerprint density at radius 3 is 2.21 bits per heavy atom. The first-order chi connectivity index (χ1) is 20.1. The largest absolute Gasteiger partial charge is 0.495 e. The number of benzene rings is 1. The first-order valence-electron chi connectivity index (χ1n) is 12.5. The molecule has 2 aliphatic carbocycles. The summed E-state index contributed by atoms with van der Waals surface area (Å²) < 4.78 is 5.76. The van der Waals surface area contributed by atoms with Crippen molar-refractivity contribution < 1.29 is 9.53 Å². The Morgan fingerprint density at radius 1 is 0.929 bits per heavy atom. The number of methoxy groups -OCH3 is 1. The van der Waals surface area contributed by atoms with Gasteiger partial charge in [0, 0.05) is 46.5 Å². The van der Waals surface area contributed by atoms with Crippen LogP contribution in [0.5, 0.6) is 5.75 Å². The Bertz CT molecular complexity index is 2130. The van der Waals surface area contributed by atoms with E-state index in [1.54, 1.807) is 35.9 Å². The lowest BCUT2D eigenvalue weighted by Gasteiger charge is -2.20. The van der Waals surface area contributed by atoms with Crippen LogP contribution in [0.1, 0.15) is 61.8 Å².